The Labute approximate surface area is 115 Å². The zero-order valence-electron chi connectivity index (χ0n) is 11.7. The molecule has 1 unspecified atom stereocenters. The number of carbonyl (C=O) groups excluding carboxylic acids is 1. The van der Waals surface area contributed by atoms with E-state index in [2.05, 4.69) is 10.2 Å². The van der Waals surface area contributed by atoms with Crippen LogP contribution in [0, 0.1) is 5.92 Å². The van der Waals surface area contributed by atoms with Crippen molar-refractivity contribution in [1.29, 1.82) is 0 Å². The van der Waals surface area contributed by atoms with E-state index in [0.717, 1.165) is 12.1 Å². The van der Waals surface area contributed by atoms with E-state index in [-0.39, 0.29) is 11.9 Å². The molecule has 0 saturated heterocycles. The lowest BCUT2D eigenvalue weighted by atomic mass is 10.1. The fourth-order valence-electron chi connectivity index (χ4n) is 2.18. The molecule has 19 heavy (non-hydrogen) atoms. The van der Waals surface area contributed by atoms with Gasteiger partial charge in [0.05, 0.1) is 0 Å². The Bertz CT molecular complexity index is 441. The largest absolute Gasteiger partial charge is 0.350 e. The second-order valence-corrected chi connectivity index (χ2v) is 5.65. The average Bonchev–Trinajstić information content (AvgIpc) is 3.19. The molecule has 1 amide bonds. The highest BCUT2D eigenvalue weighted by Gasteiger charge is 2.28. The Kier molecular flexibility index (Phi) is 4.56. The molecule has 0 bridgehead atoms. The molecule has 0 radical (unpaired) electrons. The van der Waals surface area contributed by atoms with Gasteiger partial charge in [0.15, 0.2) is 0 Å². The predicted octanol–water partition coefficient (Wildman–Crippen LogP) is 1.22. The van der Waals surface area contributed by atoms with Crippen molar-refractivity contribution in [3.63, 3.8) is 0 Å². The number of nitrogens with one attached hydrogen (secondary N) is 1. The standard InChI is InChI=1S/C15H23N3O/c1-18(2)10-11-4-3-5-13(8-11)15(19)17-9-14(16)12-6-7-12/h3-5,8,12,14H,6-7,9-10,16H2,1-2H3,(H,17,19). The first kappa shape index (κ1) is 14.0. The van der Waals surface area contributed by atoms with Gasteiger partial charge in [0.2, 0.25) is 0 Å². The summed E-state index contributed by atoms with van der Waals surface area (Å²) in [7, 11) is 4.03. The Morgan fingerprint density at radius 3 is 2.84 bits per heavy atom. The summed E-state index contributed by atoms with van der Waals surface area (Å²) in [5.74, 6) is 0.581. The van der Waals surface area contributed by atoms with Crippen LogP contribution >= 0.6 is 0 Å². The van der Waals surface area contributed by atoms with Crippen LogP contribution in [0.5, 0.6) is 0 Å². The van der Waals surface area contributed by atoms with Crippen molar-refractivity contribution in [2.24, 2.45) is 11.7 Å². The van der Waals surface area contributed by atoms with Gasteiger partial charge in [-0.05, 0) is 50.6 Å². The van der Waals surface area contributed by atoms with Crippen molar-refractivity contribution in [2.45, 2.75) is 25.4 Å². The maximum Gasteiger partial charge on any atom is 0.251 e. The van der Waals surface area contributed by atoms with Gasteiger partial charge in [-0.25, -0.2) is 0 Å². The first-order valence-corrected chi connectivity index (χ1v) is 6.83. The van der Waals surface area contributed by atoms with Crippen LogP contribution in [0.3, 0.4) is 0 Å². The van der Waals surface area contributed by atoms with Gasteiger partial charge in [0.1, 0.15) is 0 Å². The van der Waals surface area contributed by atoms with Crippen LogP contribution < -0.4 is 11.1 Å². The Morgan fingerprint density at radius 1 is 1.47 bits per heavy atom. The maximum absolute atomic E-state index is 12.0. The van der Waals surface area contributed by atoms with Gasteiger partial charge in [0.25, 0.3) is 5.91 Å². The number of carbonyl (C=O) groups is 1. The van der Waals surface area contributed by atoms with Gasteiger partial charge >= 0.3 is 0 Å². The number of hydrogen-bond donors (Lipinski definition) is 2. The molecule has 1 atom stereocenters. The highest BCUT2D eigenvalue weighted by Crippen LogP contribution is 2.31. The van der Waals surface area contributed by atoms with Crippen molar-refractivity contribution in [1.82, 2.24) is 10.2 Å². The maximum atomic E-state index is 12.0. The molecule has 1 aromatic carbocycles. The molecule has 2 rings (SSSR count). The number of nitrogens with zero attached hydrogens (tertiary/aromatic N) is 1. The van der Waals surface area contributed by atoms with Crippen molar-refractivity contribution in [2.75, 3.05) is 20.6 Å². The molecular formula is C15H23N3O. The van der Waals surface area contributed by atoms with E-state index < -0.39 is 0 Å². The molecule has 1 saturated carbocycles. The Hall–Kier alpha value is -1.39. The van der Waals surface area contributed by atoms with Crippen molar-refractivity contribution in [3.05, 3.63) is 35.4 Å². The summed E-state index contributed by atoms with van der Waals surface area (Å²) in [6, 6.07) is 7.85. The van der Waals surface area contributed by atoms with E-state index in [1.807, 2.05) is 38.4 Å². The van der Waals surface area contributed by atoms with E-state index in [9.17, 15) is 4.79 Å². The average molecular weight is 261 g/mol. The first-order chi connectivity index (χ1) is 9.06. The molecule has 1 aliphatic rings. The molecule has 0 heterocycles. The number of rotatable bonds is 6. The van der Waals surface area contributed by atoms with E-state index in [4.69, 9.17) is 5.73 Å². The van der Waals surface area contributed by atoms with Gasteiger partial charge in [-0.2, -0.15) is 0 Å². The molecule has 4 heteroatoms. The molecule has 4 nitrogen and oxygen atoms in total. The summed E-state index contributed by atoms with van der Waals surface area (Å²) in [6.45, 7) is 1.41. The lowest BCUT2D eigenvalue weighted by Crippen LogP contribution is -2.38. The van der Waals surface area contributed by atoms with E-state index in [0.29, 0.717) is 18.0 Å². The fraction of sp³-hybridized carbons (Fsp3) is 0.533. The van der Waals surface area contributed by atoms with Gasteiger partial charge in [-0.15, -0.1) is 0 Å². The zero-order valence-corrected chi connectivity index (χ0v) is 11.7. The number of amides is 1. The summed E-state index contributed by atoms with van der Waals surface area (Å²) < 4.78 is 0. The third-order valence-corrected chi connectivity index (χ3v) is 3.41. The molecular weight excluding hydrogens is 238 g/mol. The fourth-order valence-corrected chi connectivity index (χ4v) is 2.18. The minimum absolute atomic E-state index is 0.0308. The summed E-state index contributed by atoms with van der Waals surface area (Å²) in [5.41, 5.74) is 7.83. The lowest BCUT2D eigenvalue weighted by molar-refractivity contribution is 0.0950. The summed E-state index contributed by atoms with van der Waals surface area (Å²) >= 11 is 0. The van der Waals surface area contributed by atoms with Gasteiger partial charge in [-0.3, -0.25) is 4.79 Å². The minimum atomic E-state index is -0.0308. The van der Waals surface area contributed by atoms with Gasteiger partial charge in [-0.1, -0.05) is 12.1 Å². The quantitative estimate of drug-likeness (QED) is 0.809. The van der Waals surface area contributed by atoms with Crippen LogP contribution in [-0.2, 0) is 6.54 Å². The van der Waals surface area contributed by atoms with Crippen LogP contribution in [-0.4, -0.2) is 37.5 Å². The summed E-state index contributed by atoms with van der Waals surface area (Å²) in [5, 5.41) is 2.92. The monoisotopic (exact) mass is 261 g/mol. The van der Waals surface area contributed by atoms with Crippen molar-refractivity contribution in [3.8, 4) is 0 Å². The van der Waals surface area contributed by atoms with Crippen molar-refractivity contribution < 1.29 is 4.79 Å². The highest BCUT2D eigenvalue weighted by molar-refractivity contribution is 5.94. The van der Waals surface area contributed by atoms with Crippen molar-refractivity contribution >= 4 is 5.91 Å². The Morgan fingerprint density at radius 2 is 2.21 bits per heavy atom. The normalized spacial score (nSPS) is 16.4. The smallest absolute Gasteiger partial charge is 0.251 e. The third-order valence-electron chi connectivity index (χ3n) is 3.41. The molecule has 0 spiro atoms. The number of nitrogens with two attached hydrogens (primary N) is 1. The topological polar surface area (TPSA) is 58.4 Å². The lowest BCUT2D eigenvalue weighted by Gasteiger charge is -2.13. The number of benzene rings is 1. The SMILES string of the molecule is CN(C)Cc1cccc(C(=O)NCC(N)C2CC2)c1. The molecule has 1 aromatic rings. The van der Waals surface area contributed by atoms with Crippen LogP contribution in [0.15, 0.2) is 24.3 Å². The van der Waals surface area contributed by atoms with Crippen LogP contribution in [0.1, 0.15) is 28.8 Å². The predicted molar refractivity (Wildman–Crippen MR) is 76.9 cm³/mol. The molecule has 1 aliphatic carbocycles. The summed E-state index contributed by atoms with van der Waals surface area (Å²) in [6.07, 6.45) is 2.41. The van der Waals surface area contributed by atoms with E-state index in [1.165, 1.54) is 12.8 Å². The van der Waals surface area contributed by atoms with E-state index >= 15 is 0 Å². The number of hydrogen-bond acceptors (Lipinski definition) is 3. The first-order valence-electron chi connectivity index (χ1n) is 6.83. The van der Waals surface area contributed by atoms with Crippen LogP contribution in [0.2, 0.25) is 0 Å². The molecule has 104 valence electrons. The second-order valence-electron chi connectivity index (χ2n) is 5.65. The van der Waals surface area contributed by atoms with Gasteiger partial charge in [0, 0.05) is 24.7 Å². The summed E-state index contributed by atoms with van der Waals surface area (Å²) in [4.78, 5) is 14.1. The molecule has 3 N–H and O–H groups in total. The molecule has 0 aromatic heterocycles. The zero-order chi connectivity index (χ0) is 13.8. The molecule has 1 fully saturated rings. The van der Waals surface area contributed by atoms with E-state index in [1.54, 1.807) is 0 Å². The van der Waals surface area contributed by atoms with Crippen LogP contribution in [0.4, 0.5) is 0 Å². The third kappa shape index (κ3) is 4.33. The minimum Gasteiger partial charge on any atom is -0.350 e. The second kappa shape index (κ2) is 6.17. The van der Waals surface area contributed by atoms with Gasteiger partial charge < -0.3 is 16.0 Å². The highest BCUT2D eigenvalue weighted by atomic mass is 16.1. The molecule has 0 aliphatic heterocycles. The van der Waals surface area contributed by atoms with Crippen LogP contribution in [0.25, 0.3) is 0 Å². The Balaban J connectivity index is 1.90.